The molecule has 21 heavy (non-hydrogen) atoms. The summed E-state index contributed by atoms with van der Waals surface area (Å²) in [6.07, 6.45) is -3.42. The highest BCUT2D eigenvalue weighted by Crippen LogP contribution is 2.22. The van der Waals surface area contributed by atoms with Crippen LogP contribution in [0.5, 0.6) is 5.75 Å². The second kappa shape index (κ2) is 5.73. The molecule has 1 amide bonds. The summed E-state index contributed by atoms with van der Waals surface area (Å²) in [5.41, 5.74) is 6.46. The molecule has 0 saturated heterocycles. The summed E-state index contributed by atoms with van der Waals surface area (Å²) in [6, 6.07) is 5.16. The van der Waals surface area contributed by atoms with E-state index < -0.39 is 12.3 Å². The molecule has 0 spiro atoms. The number of ether oxygens (including phenoxy) is 1. The number of amides is 1. The van der Waals surface area contributed by atoms with E-state index in [0.29, 0.717) is 5.56 Å². The van der Waals surface area contributed by atoms with Gasteiger partial charge in [-0.1, -0.05) is 12.1 Å². The number of aromatic amines is 1. The zero-order valence-electron chi connectivity index (χ0n) is 10.6. The Hall–Kier alpha value is -2.71. The first-order valence-corrected chi connectivity index (χ1v) is 5.77. The lowest BCUT2D eigenvalue weighted by Gasteiger charge is -2.09. The van der Waals surface area contributed by atoms with Gasteiger partial charge in [0.05, 0.1) is 11.9 Å². The third-order valence-corrected chi connectivity index (χ3v) is 2.51. The molecule has 2 rings (SSSR count). The topological polar surface area (TPSA) is 93.0 Å². The molecule has 9 heteroatoms. The molecule has 0 bridgehead atoms. The number of hydrogen-bond donors (Lipinski definition) is 3. The molecule has 0 radical (unpaired) electrons. The van der Waals surface area contributed by atoms with Crippen molar-refractivity contribution in [3.8, 4) is 5.75 Å². The molecule has 112 valence electrons. The summed E-state index contributed by atoms with van der Waals surface area (Å²) in [6.45, 7) is 0.129. The number of nitrogen functional groups attached to an aromatic ring is 1. The van der Waals surface area contributed by atoms with Gasteiger partial charge in [-0.2, -0.15) is 5.10 Å². The summed E-state index contributed by atoms with van der Waals surface area (Å²) in [7, 11) is 0. The zero-order chi connectivity index (χ0) is 15.5. The third-order valence-electron chi connectivity index (χ3n) is 2.51. The minimum atomic E-state index is -4.73. The van der Waals surface area contributed by atoms with Crippen LogP contribution < -0.4 is 15.8 Å². The maximum absolute atomic E-state index is 12.0. The van der Waals surface area contributed by atoms with Crippen molar-refractivity contribution in [3.05, 3.63) is 41.7 Å². The summed E-state index contributed by atoms with van der Waals surface area (Å²) in [4.78, 5) is 11.7. The predicted molar refractivity (Wildman–Crippen MR) is 67.3 cm³/mol. The van der Waals surface area contributed by atoms with Crippen molar-refractivity contribution in [2.45, 2.75) is 12.9 Å². The number of carbonyl (C=O) groups excluding carboxylic acids is 1. The number of halogens is 3. The van der Waals surface area contributed by atoms with E-state index in [1.807, 2.05) is 0 Å². The van der Waals surface area contributed by atoms with Crippen LogP contribution in [0.15, 0.2) is 30.5 Å². The Kier molecular flexibility index (Phi) is 4.01. The van der Waals surface area contributed by atoms with Crippen LogP contribution in [0, 0.1) is 0 Å². The molecule has 1 aromatic heterocycles. The number of alkyl halides is 3. The van der Waals surface area contributed by atoms with Crippen molar-refractivity contribution in [3.63, 3.8) is 0 Å². The van der Waals surface area contributed by atoms with Crippen LogP contribution in [0.4, 0.5) is 18.9 Å². The summed E-state index contributed by atoms with van der Waals surface area (Å²) >= 11 is 0. The second-order valence-corrected chi connectivity index (χ2v) is 4.07. The molecular weight excluding hydrogens is 289 g/mol. The number of hydrogen-bond acceptors (Lipinski definition) is 4. The maximum Gasteiger partial charge on any atom is 0.573 e. The van der Waals surface area contributed by atoms with Crippen LogP contribution in [0.2, 0.25) is 0 Å². The number of carbonyl (C=O) groups is 1. The van der Waals surface area contributed by atoms with Gasteiger partial charge in [0.2, 0.25) is 0 Å². The molecule has 2 aromatic rings. The van der Waals surface area contributed by atoms with Gasteiger partial charge in [-0.25, -0.2) is 0 Å². The zero-order valence-corrected chi connectivity index (χ0v) is 10.6. The standard InChI is InChI=1S/C12H11F3N4O2/c13-12(14,15)21-8-3-1-7(2-4-8)5-17-11(20)10-9(16)6-18-19-10/h1-4,6H,5,16H2,(H,17,20)(H,18,19). The van der Waals surface area contributed by atoms with Crippen LogP contribution in [0.25, 0.3) is 0 Å². The number of rotatable bonds is 4. The molecule has 0 fully saturated rings. The normalized spacial score (nSPS) is 11.2. The SMILES string of the molecule is Nc1cn[nH]c1C(=O)NCc1ccc(OC(F)(F)F)cc1. The highest BCUT2D eigenvalue weighted by Gasteiger charge is 2.30. The number of benzene rings is 1. The van der Waals surface area contributed by atoms with Crippen LogP contribution in [0.3, 0.4) is 0 Å². The van der Waals surface area contributed by atoms with Crippen molar-refractivity contribution in [2.24, 2.45) is 0 Å². The average molecular weight is 300 g/mol. The smallest absolute Gasteiger partial charge is 0.406 e. The van der Waals surface area contributed by atoms with Gasteiger partial charge < -0.3 is 15.8 Å². The van der Waals surface area contributed by atoms with E-state index in [2.05, 4.69) is 20.3 Å². The fourth-order valence-electron chi connectivity index (χ4n) is 1.56. The third kappa shape index (κ3) is 4.13. The molecule has 0 saturated carbocycles. The maximum atomic E-state index is 12.0. The molecule has 4 N–H and O–H groups in total. The van der Waals surface area contributed by atoms with Crippen molar-refractivity contribution in [2.75, 3.05) is 5.73 Å². The molecule has 1 heterocycles. The molecule has 0 unspecified atom stereocenters. The van der Waals surface area contributed by atoms with E-state index in [1.54, 1.807) is 0 Å². The van der Waals surface area contributed by atoms with E-state index in [4.69, 9.17) is 5.73 Å². The monoisotopic (exact) mass is 300 g/mol. The van der Waals surface area contributed by atoms with Crippen molar-refractivity contribution >= 4 is 11.6 Å². The van der Waals surface area contributed by atoms with Gasteiger partial charge in [-0.3, -0.25) is 9.89 Å². The van der Waals surface area contributed by atoms with Crippen LogP contribution in [0.1, 0.15) is 16.1 Å². The molecule has 0 aliphatic carbocycles. The number of H-pyrrole nitrogens is 1. The van der Waals surface area contributed by atoms with Gasteiger partial charge in [0.25, 0.3) is 5.91 Å². The Bertz CT molecular complexity index is 622. The highest BCUT2D eigenvalue weighted by atomic mass is 19.4. The summed E-state index contributed by atoms with van der Waals surface area (Å²) < 4.78 is 39.7. The number of anilines is 1. The highest BCUT2D eigenvalue weighted by molar-refractivity contribution is 5.96. The van der Waals surface area contributed by atoms with Crippen LogP contribution in [-0.2, 0) is 6.54 Å². The van der Waals surface area contributed by atoms with Crippen molar-refractivity contribution in [1.82, 2.24) is 15.5 Å². The molecule has 0 aliphatic rings. The van der Waals surface area contributed by atoms with E-state index >= 15 is 0 Å². The van der Waals surface area contributed by atoms with E-state index in [0.717, 1.165) is 0 Å². The van der Waals surface area contributed by atoms with Gasteiger partial charge in [-0.05, 0) is 17.7 Å². The lowest BCUT2D eigenvalue weighted by Crippen LogP contribution is -2.24. The number of nitrogens with zero attached hydrogens (tertiary/aromatic N) is 1. The lowest BCUT2D eigenvalue weighted by atomic mass is 10.2. The number of nitrogens with two attached hydrogens (primary N) is 1. The Balaban J connectivity index is 1.92. The quantitative estimate of drug-likeness (QED) is 0.803. The first-order valence-electron chi connectivity index (χ1n) is 5.77. The van der Waals surface area contributed by atoms with Gasteiger partial charge >= 0.3 is 6.36 Å². The van der Waals surface area contributed by atoms with Gasteiger partial charge in [-0.15, -0.1) is 13.2 Å². The largest absolute Gasteiger partial charge is 0.573 e. The van der Waals surface area contributed by atoms with Gasteiger partial charge in [0.1, 0.15) is 11.4 Å². The lowest BCUT2D eigenvalue weighted by molar-refractivity contribution is -0.274. The van der Waals surface area contributed by atoms with Crippen molar-refractivity contribution in [1.29, 1.82) is 0 Å². The minimum absolute atomic E-state index is 0.129. The van der Waals surface area contributed by atoms with E-state index in [1.165, 1.54) is 30.5 Å². The fourth-order valence-corrected chi connectivity index (χ4v) is 1.56. The van der Waals surface area contributed by atoms with Gasteiger partial charge in [0.15, 0.2) is 0 Å². The Morgan fingerprint density at radius 1 is 1.33 bits per heavy atom. The number of aromatic nitrogens is 2. The predicted octanol–water partition coefficient (Wildman–Crippen LogP) is 1.82. The van der Waals surface area contributed by atoms with Gasteiger partial charge in [0, 0.05) is 6.54 Å². The first kappa shape index (κ1) is 14.7. The van der Waals surface area contributed by atoms with Crippen LogP contribution >= 0.6 is 0 Å². The molecule has 1 aromatic carbocycles. The minimum Gasteiger partial charge on any atom is -0.406 e. The average Bonchev–Trinajstić information content (AvgIpc) is 2.82. The Labute approximate surface area is 117 Å². The number of nitrogens with one attached hydrogen (secondary N) is 2. The van der Waals surface area contributed by atoms with Crippen molar-refractivity contribution < 1.29 is 22.7 Å². The molecular formula is C12H11F3N4O2. The summed E-state index contributed by atoms with van der Waals surface area (Å²) in [5, 5.41) is 8.61. The molecule has 0 aliphatic heterocycles. The first-order chi connectivity index (χ1) is 9.85. The van der Waals surface area contributed by atoms with E-state index in [9.17, 15) is 18.0 Å². The molecule has 0 atom stereocenters. The Morgan fingerprint density at radius 3 is 2.52 bits per heavy atom. The summed E-state index contributed by atoms with van der Waals surface area (Å²) in [5.74, 6) is -0.781. The molecule has 6 nitrogen and oxygen atoms in total. The van der Waals surface area contributed by atoms with E-state index in [-0.39, 0.29) is 23.7 Å². The second-order valence-electron chi connectivity index (χ2n) is 4.07. The van der Waals surface area contributed by atoms with Crippen LogP contribution in [-0.4, -0.2) is 22.5 Å². The fraction of sp³-hybridized carbons (Fsp3) is 0.167. The Morgan fingerprint density at radius 2 is 2.00 bits per heavy atom.